The molecule has 3 rings (SSSR count). The van der Waals surface area contributed by atoms with Crippen molar-refractivity contribution in [3.63, 3.8) is 0 Å². The van der Waals surface area contributed by atoms with E-state index in [2.05, 4.69) is 21.0 Å². The lowest BCUT2D eigenvalue weighted by Crippen LogP contribution is -2.60. The van der Waals surface area contributed by atoms with Crippen LogP contribution in [-0.2, 0) is 11.8 Å². The van der Waals surface area contributed by atoms with Crippen LogP contribution < -0.4 is 16.0 Å². The van der Waals surface area contributed by atoms with Gasteiger partial charge in [0.15, 0.2) is 0 Å². The van der Waals surface area contributed by atoms with E-state index in [0.717, 1.165) is 44.5 Å². The molecule has 0 radical (unpaired) electrons. The summed E-state index contributed by atoms with van der Waals surface area (Å²) in [6.45, 7) is 5.52. The quantitative estimate of drug-likeness (QED) is 0.732. The topological polar surface area (TPSA) is 88.0 Å². The number of piperidine rings is 1. The Kier molecular flexibility index (Phi) is 6.69. The van der Waals surface area contributed by atoms with Crippen LogP contribution >= 0.6 is 12.4 Å². The van der Waals surface area contributed by atoms with E-state index in [1.54, 1.807) is 4.68 Å². The summed E-state index contributed by atoms with van der Waals surface area (Å²) in [5.41, 5.74) is 1.31. The van der Waals surface area contributed by atoms with Crippen LogP contribution in [0.4, 0.5) is 0 Å². The van der Waals surface area contributed by atoms with Gasteiger partial charge >= 0.3 is 0 Å². The number of aryl methyl sites for hydroxylation is 2. The zero-order chi connectivity index (χ0) is 18.0. The molecule has 0 spiro atoms. The number of nitrogens with one attached hydrogen (secondary N) is 3. The second kappa shape index (κ2) is 8.39. The van der Waals surface area contributed by atoms with Gasteiger partial charge in [-0.1, -0.05) is 12.8 Å². The summed E-state index contributed by atoms with van der Waals surface area (Å²) in [6.07, 6.45) is 5.37. The normalized spacial score (nSPS) is 21.7. The summed E-state index contributed by atoms with van der Waals surface area (Å²) in [5, 5.41) is 13.9. The highest BCUT2D eigenvalue weighted by Gasteiger charge is 2.43. The molecule has 1 aromatic rings. The van der Waals surface area contributed by atoms with Crippen molar-refractivity contribution >= 4 is 24.2 Å². The number of hydrogen-bond acceptors (Lipinski definition) is 4. The maximum Gasteiger partial charge on any atom is 0.255 e. The van der Waals surface area contributed by atoms with E-state index in [9.17, 15) is 9.59 Å². The molecule has 0 unspecified atom stereocenters. The number of amides is 2. The first-order valence-corrected chi connectivity index (χ1v) is 9.27. The van der Waals surface area contributed by atoms with E-state index < -0.39 is 5.54 Å². The van der Waals surface area contributed by atoms with Gasteiger partial charge in [0.25, 0.3) is 5.91 Å². The minimum atomic E-state index is -0.788. The third-order valence-electron chi connectivity index (χ3n) is 5.61. The fourth-order valence-corrected chi connectivity index (χ4v) is 4.07. The van der Waals surface area contributed by atoms with Gasteiger partial charge in [0, 0.05) is 25.3 Å². The predicted octanol–water partition coefficient (Wildman–Crippen LogP) is 1.37. The van der Waals surface area contributed by atoms with E-state index in [4.69, 9.17) is 0 Å². The van der Waals surface area contributed by atoms with Crippen molar-refractivity contribution in [2.24, 2.45) is 7.05 Å². The average Bonchev–Trinajstić information content (AvgIpc) is 3.14. The molecule has 3 N–H and O–H groups in total. The van der Waals surface area contributed by atoms with E-state index >= 15 is 0 Å². The van der Waals surface area contributed by atoms with Crippen LogP contribution in [0.15, 0.2) is 0 Å². The van der Waals surface area contributed by atoms with Crippen LogP contribution in [0, 0.1) is 13.8 Å². The second-order valence-electron chi connectivity index (χ2n) is 7.43. The molecule has 26 heavy (non-hydrogen) atoms. The van der Waals surface area contributed by atoms with Gasteiger partial charge < -0.3 is 16.0 Å². The van der Waals surface area contributed by atoms with Gasteiger partial charge in [0.1, 0.15) is 5.54 Å². The lowest BCUT2D eigenvalue weighted by molar-refractivity contribution is -0.128. The van der Waals surface area contributed by atoms with Crippen LogP contribution in [-0.4, -0.2) is 46.3 Å². The first-order valence-electron chi connectivity index (χ1n) is 9.27. The van der Waals surface area contributed by atoms with Crippen LogP contribution in [0.2, 0.25) is 0 Å². The molecule has 2 fully saturated rings. The summed E-state index contributed by atoms with van der Waals surface area (Å²) in [4.78, 5) is 25.9. The van der Waals surface area contributed by atoms with Crippen LogP contribution in [0.5, 0.6) is 0 Å². The third-order valence-corrected chi connectivity index (χ3v) is 5.61. The lowest BCUT2D eigenvalue weighted by Gasteiger charge is -2.32. The average molecular weight is 384 g/mol. The first-order chi connectivity index (χ1) is 11.9. The lowest BCUT2D eigenvalue weighted by atomic mass is 9.94. The minimum Gasteiger partial charge on any atom is -0.350 e. The fraction of sp³-hybridized carbons (Fsp3) is 0.722. The van der Waals surface area contributed by atoms with Crippen molar-refractivity contribution in [2.45, 2.75) is 64.0 Å². The Morgan fingerprint density at radius 2 is 1.92 bits per heavy atom. The summed E-state index contributed by atoms with van der Waals surface area (Å²) in [7, 11) is 1.83. The molecule has 1 aliphatic carbocycles. The summed E-state index contributed by atoms with van der Waals surface area (Å²) in [5.74, 6) is -0.229. The molecule has 2 heterocycles. The number of aromatic nitrogens is 2. The van der Waals surface area contributed by atoms with Gasteiger partial charge in [-0.05, 0) is 46.1 Å². The molecule has 2 aliphatic rings. The molecule has 1 aromatic heterocycles. The van der Waals surface area contributed by atoms with E-state index in [0.29, 0.717) is 24.1 Å². The zero-order valence-electron chi connectivity index (χ0n) is 15.9. The molecule has 0 bridgehead atoms. The number of nitrogens with zero attached hydrogens (tertiary/aromatic N) is 2. The van der Waals surface area contributed by atoms with Gasteiger partial charge in [-0.3, -0.25) is 14.3 Å². The van der Waals surface area contributed by atoms with Crippen molar-refractivity contribution in [1.29, 1.82) is 0 Å². The zero-order valence-corrected chi connectivity index (χ0v) is 16.7. The Balaban J connectivity index is 0.00000243. The molecule has 1 aliphatic heterocycles. The third kappa shape index (κ3) is 4.04. The Morgan fingerprint density at radius 3 is 2.46 bits per heavy atom. The first kappa shape index (κ1) is 20.7. The molecule has 8 heteroatoms. The SMILES string of the molecule is Cc1nn(C)c(C)c1C(=O)NC1(C(=O)N[C@H]2CCCNC2)CCCC1.Cl. The van der Waals surface area contributed by atoms with Gasteiger partial charge in [0.05, 0.1) is 11.3 Å². The highest BCUT2D eigenvalue weighted by atomic mass is 35.5. The number of hydrogen-bond donors (Lipinski definition) is 3. The second-order valence-corrected chi connectivity index (χ2v) is 7.43. The number of carbonyl (C=O) groups excluding carboxylic acids is 2. The van der Waals surface area contributed by atoms with Crippen molar-refractivity contribution in [3.8, 4) is 0 Å². The fourth-order valence-electron chi connectivity index (χ4n) is 4.07. The molecular weight excluding hydrogens is 354 g/mol. The van der Waals surface area contributed by atoms with Crippen LogP contribution in [0.1, 0.15) is 60.3 Å². The smallest absolute Gasteiger partial charge is 0.255 e. The highest BCUT2D eigenvalue weighted by Crippen LogP contribution is 2.31. The van der Waals surface area contributed by atoms with Gasteiger partial charge in [-0.25, -0.2) is 0 Å². The largest absolute Gasteiger partial charge is 0.350 e. The number of rotatable bonds is 4. The van der Waals surface area contributed by atoms with Crippen LogP contribution in [0.25, 0.3) is 0 Å². The van der Waals surface area contributed by atoms with E-state index in [1.165, 1.54) is 0 Å². The monoisotopic (exact) mass is 383 g/mol. The standard InChI is InChI=1S/C18H29N5O2.ClH/c1-12-15(13(2)23(3)22-12)16(24)21-18(8-4-5-9-18)17(25)20-14-7-6-10-19-11-14;/h14,19H,4-11H2,1-3H3,(H,20,25)(H,21,24);1H/t14-;/m0./s1. The van der Waals surface area contributed by atoms with Crippen molar-refractivity contribution in [1.82, 2.24) is 25.7 Å². The van der Waals surface area contributed by atoms with E-state index in [1.807, 2.05) is 20.9 Å². The van der Waals surface area contributed by atoms with Crippen molar-refractivity contribution in [2.75, 3.05) is 13.1 Å². The Bertz CT molecular complexity index is 661. The molecule has 146 valence electrons. The molecule has 1 atom stereocenters. The van der Waals surface area contributed by atoms with Crippen molar-refractivity contribution in [3.05, 3.63) is 17.0 Å². The minimum absolute atomic E-state index is 0. The molecule has 2 amide bonds. The van der Waals surface area contributed by atoms with Crippen LogP contribution in [0.3, 0.4) is 0 Å². The Morgan fingerprint density at radius 1 is 1.23 bits per heavy atom. The van der Waals surface area contributed by atoms with Gasteiger partial charge in [0.2, 0.25) is 5.91 Å². The Hall–Kier alpha value is -1.60. The maximum atomic E-state index is 13.0. The number of halogens is 1. The van der Waals surface area contributed by atoms with Gasteiger partial charge in [-0.15, -0.1) is 12.4 Å². The van der Waals surface area contributed by atoms with Gasteiger partial charge in [-0.2, -0.15) is 5.10 Å². The summed E-state index contributed by atoms with van der Waals surface area (Å²) < 4.78 is 1.71. The number of carbonyl (C=O) groups is 2. The Labute approximate surface area is 161 Å². The summed E-state index contributed by atoms with van der Waals surface area (Å²) >= 11 is 0. The highest BCUT2D eigenvalue weighted by molar-refractivity contribution is 6.01. The maximum absolute atomic E-state index is 13.0. The van der Waals surface area contributed by atoms with Crippen molar-refractivity contribution < 1.29 is 9.59 Å². The van der Waals surface area contributed by atoms with E-state index in [-0.39, 0.29) is 30.3 Å². The molecule has 1 saturated heterocycles. The predicted molar refractivity (Wildman–Crippen MR) is 103 cm³/mol. The molecular formula is C18H30ClN5O2. The molecule has 0 aromatic carbocycles. The molecule has 7 nitrogen and oxygen atoms in total. The summed E-state index contributed by atoms with van der Waals surface area (Å²) in [6, 6.07) is 0.150. The molecule has 1 saturated carbocycles.